The summed E-state index contributed by atoms with van der Waals surface area (Å²) >= 11 is 3.33. The van der Waals surface area contributed by atoms with Crippen LogP contribution in [0.1, 0.15) is 0 Å². The fourth-order valence-electron chi connectivity index (χ4n) is 2.59. The lowest BCUT2D eigenvalue weighted by Crippen LogP contribution is -1.95. The summed E-state index contributed by atoms with van der Waals surface area (Å²) in [5.41, 5.74) is 1.33. The largest absolute Gasteiger partial charge is 0.269 e. The zero-order valence-electron chi connectivity index (χ0n) is 11.1. The predicted octanol–water partition coefficient (Wildman–Crippen LogP) is 4.82. The minimum atomic E-state index is -0.642. The van der Waals surface area contributed by atoms with Gasteiger partial charge >= 0.3 is 0 Å². The van der Waals surface area contributed by atoms with Crippen molar-refractivity contribution in [2.45, 2.75) is 0 Å². The second-order valence-electron chi connectivity index (χ2n) is 4.84. The van der Waals surface area contributed by atoms with Gasteiger partial charge in [-0.3, -0.25) is 5.10 Å². The van der Waals surface area contributed by atoms with Crippen LogP contribution < -0.4 is 0 Å². The molecule has 0 fully saturated rings. The van der Waals surface area contributed by atoms with Gasteiger partial charge in [-0.2, -0.15) is 5.10 Å². The van der Waals surface area contributed by atoms with Crippen LogP contribution in [0.4, 0.5) is 8.78 Å². The summed E-state index contributed by atoms with van der Waals surface area (Å²) in [5.74, 6) is -1.28. The fourth-order valence-corrected chi connectivity index (χ4v) is 2.95. The smallest absolute Gasteiger partial charge is 0.135 e. The van der Waals surface area contributed by atoms with Crippen LogP contribution in [0.15, 0.2) is 47.1 Å². The summed E-state index contributed by atoms with van der Waals surface area (Å²) in [6.45, 7) is 0. The third-order valence-corrected chi connectivity index (χ3v) is 4.11. The molecule has 2 aromatic heterocycles. The normalized spacial score (nSPS) is 11.4. The molecule has 108 valence electrons. The monoisotopic (exact) mass is 359 g/mol. The van der Waals surface area contributed by atoms with E-state index >= 15 is 0 Å². The average Bonchev–Trinajstić information content (AvgIpc) is 2.89. The molecular formula is C16H8BrF2N3. The quantitative estimate of drug-likeness (QED) is 0.529. The van der Waals surface area contributed by atoms with Crippen LogP contribution in [-0.4, -0.2) is 15.2 Å². The molecule has 0 amide bonds. The molecule has 0 aliphatic rings. The van der Waals surface area contributed by atoms with Crippen molar-refractivity contribution in [2.75, 3.05) is 0 Å². The highest BCUT2D eigenvalue weighted by molar-refractivity contribution is 9.10. The number of nitrogens with one attached hydrogen (secondary N) is 1. The van der Waals surface area contributed by atoms with Gasteiger partial charge in [0.25, 0.3) is 0 Å². The molecule has 0 aliphatic heterocycles. The van der Waals surface area contributed by atoms with Crippen molar-refractivity contribution < 1.29 is 8.78 Å². The zero-order chi connectivity index (χ0) is 15.3. The molecule has 6 heteroatoms. The van der Waals surface area contributed by atoms with Gasteiger partial charge in [0.2, 0.25) is 0 Å². The third-order valence-electron chi connectivity index (χ3n) is 3.56. The van der Waals surface area contributed by atoms with Gasteiger partial charge in [-0.1, -0.05) is 30.3 Å². The van der Waals surface area contributed by atoms with E-state index in [1.807, 2.05) is 12.1 Å². The SMILES string of the molecule is Fc1cccc(F)c1-c1nc2c(Br)[nH]nc2c2ccccc12. The Morgan fingerprint density at radius 3 is 2.27 bits per heavy atom. The molecule has 2 aromatic carbocycles. The van der Waals surface area contributed by atoms with E-state index in [0.717, 1.165) is 5.39 Å². The molecule has 0 spiro atoms. The van der Waals surface area contributed by atoms with Gasteiger partial charge in [-0.25, -0.2) is 13.8 Å². The molecule has 0 atom stereocenters. The van der Waals surface area contributed by atoms with Crippen LogP contribution in [0.25, 0.3) is 33.1 Å². The summed E-state index contributed by atoms with van der Waals surface area (Å²) in [6.07, 6.45) is 0. The minimum absolute atomic E-state index is 0.131. The molecule has 4 rings (SSSR count). The molecule has 0 saturated carbocycles. The van der Waals surface area contributed by atoms with Crippen LogP contribution in [-0.2, 0) is 0 Å². The van der Waals surface area contributed by atoms with Crippen LogP contribution in [0.3, 0.4) is 0 Å². The van der Waals surface area contributed by atoms with E-state index < -0.39 is 11.6 Å². The Bertz CT molecular complexity index is 1010. The Morgan fingerprint density at radius 2 is 1.55 bits per heavy atom. The minimum Gasteiger partial charge on any atom is -0.269 e. The van der Waals surface area contributed by atoms with Gasteiger partial charge in [0.15, 0.2) is 0 Å². The van der Waals surface area contributed by atoms with Crippen LogP contribution in [0.2, 0.25) is 0 Å². The van der Waals surface area contributed by atoms with Gasteiger partial charge < -0.3 is 0 Å². The van der Waals surface area contributed by atoms with Gasteiger partial charge in [0, 0.05) is 10.8 Å². The highest BCUT2D eigenvalue weighted by Crippen LogP contribution is 2.35. The Kier molecular flexibility index (Phi) is 2.94. The van der Waals surface area contributed by atoms with Crippen LogP contribution in [0.5, 0.6) is 0 Å². The lowest BCUT2D eigenvalue weighted by atomic mass is 10.0. The number of aromatic nitrogens is 3. The number of aromatic amines is 1. The molecule has 1 N–H and O–H groups in total. The van der Waals surface area contributed by atoms with Crippen LogP contribution in [0, 0.1) is 11.6 Å². The summed E-state index contributed by atoms with van der Waals surface area (Å²) < 4.78 is 28.9. The first-order chi connectivity index (χ1) is 10.7. The van der Waals surface area contributed by atoms with Crippen molar-refractivity contribution in [3.8, 4) is 11.3 Å². The first kappa shape index (κ1) is 13.3. The summed E-state index contributed by atoms with van der Waals surface area (Å²) in [5, 5.41) is 8.43. The second-order valence-corrected chi connectivity index (χ2v) is 5.63. The van der Waals surface area contributed by atoms with E-state index in [1.54, 1.807) is 12.1 Å². The molecule has 3 nitrogen and oxygen atoms in total. The molecule has 0 unspecified atom stereocenters. The summed E-state index contributed by atoms with van der Waals surface area (Å²) in [4.78, 5) is 4.43. The van der Waals surface area contributed by atoms with Crippen molar-refractivity contribution in [2.24, 2.45) is 0 Å². The lowest BCUT2D eigenvalue weighted by molar-refractivity contribution is 0.589. The topological polar surface area (TPSA) is 41.6 Å². The molecule has 0 saturated heterocycles. The van der Waals surface area contributed by atoms with Crippen LogP contribution >= 0.6 is 15.9 Å². The zero-order valence-corrected chi connectivity index (χ0v) is 12.7. The van der Waals surface area contributed by atoms with Gasteiger partial charge in [-0.05, 0) is 28.1 Å². The number of rotatable bonds is 1. The van der Waals surface area contributed by atoms with Crippen molar-refractivity contribution in [3.05, 3.63) is 58.7 Å². The molecule has 4 aromatic rings. The average molecular weight is 360 g/mol. The highest BCUT2D eigenvalue weighted by atomic mass is 79.9. The van der Waals surface area contributed by atoms with E-state index in [2.05, 4.69) is 31.1 Å². The number of hydrogen-bond donors (Lipinski definition) is 1. The lowest BCUT2D eigenvalue weighted by Gasteiger charge is -2.09. The van der Waals surface area contributed by atoms with Gasteiger partial charge in [0.1, 0.15) is 27.3 Å². The van der Waals surface area contributed by atoms with E-state index in [9.17, 15) is 8.78 Å². The number of fused-ring (bicyclic) bond motifs is 3. The molecule has 2 heterocycles. The van der Waals surface area contributed by atoms with E-state index in [4.69, 9.17) is 0 Å². The molecule has 22 heavy (non-hydrogen) atoms. The molecular weight excluding hydrogens is 352 g/mol. The third kappa shape index (κ3) is 1.84. The first-order valence-electron chi connectivity index (χ1n) is 6.53. The van der Waals surface area contributed by atoms with Crippen molar-refractivity contribution >= 4 is 37.7 Å². The highest BCUT2D eigenvalue weighted by Gasteiger charge is 2.19. The number of nitrogens with zero attached hydrogens (tertiary/aromatic N) is 2. The summed E-state index contributed by atoms with van der Waals surface area (Å²) in [7, 11) is 0. The van der Waals surface area contributed by atoms with E-state index in [1.165, 1.54) is 18.2 Å². The predicted molar refractivity (Wildman–Crippen MR) is 84.4 cm³/mol. The van der Waals surface area contributed by atoms with Crippen molar-refractivity contribution in [1.29, 1.82) is 0 Å². The van der Waals surface area contributed by atoms with Crippen molar-refractivity contribution in [1.82, 2.24) is 15.2 Å². The first-order valence-corrected chi connectivity index (χ1v) is 7.33. The standard InChI is InChI=1S/C16H8BrF2N3/c17-16-15-14(21-22-16)9-5-2-1-4-8(9)13(20-15)12-10(18)6-3-7-11(12)19/h1-7H,(H,21,22). The van der Waals surface area contributed by atoms with E-state index in [-0.39, 0.29) is 11.3 Å². The molecule has 0 bridgehead atoms. The van der Waals surface area contributed by atoms with Gasteiger partial charge in [0.05, 0.1) is 11.3 Å². The maximum atomic E-state index is 14.2. The maximum absolute atomic E-state index is 14.2. The number of benzene rings is 2. The maximum Gasteiger partial charge on any atom is 0.135 e. The Labute approximate surface area is 132 Å². The Hall–Kier alpha value is -2.34. The summed E-state index contributed by atoms with van der Waals surface area (Å²) in [6, 6.07) is 11.1. The molecule has 0 radical (unpaired) electrons. The number of pyridine rings is 1. The fraction of sp³-hybridized carbons (Fsp3) is 0. The van der Waals surface area contributed by atoms with Gasteiger partial charge in [-0.15, -0.1) is 0 Å². The van der Waals surface area contributed by atoms with E-state index in [0.29, 0.717) is 21.0 Å². The van der Waals surface area contributed by atoms with Crippen molar-refractivity contribution in [3.63, 3.8) is 0 Å². The second kappa shape index (κ2) is 4.84. The molecule has 0 aliphatic carbocycles. The number of halogens is 3. The number of H-pyrrole nitrogens is 1. The Morgan fingerprint density at radius 1 is 0.864 bits per heavy atom. The number of hydrogen-bond acceptors (Lipinski definition) is 2. The Balaban J connectivity index is 2.23.